The summed E-state index contributed by atoms with van der Waals surface area (Å²) in [4.78, 5) is 2.27. The van der Waals surface area contributed by atoms with Gasteiger partial charge in [0.1, 0.15) is 16.3 Å². The van der Waals surface area contributed by atoms with Crippen LogP contribution in [-0.2, 0) is 10.0 Å². The van der Waals surface area contributed by atoms with Crippen molar-refractivity contribution in [3.05, 3.63) is 35.7 Å². The SMILES string of the molecule is Cc1noc(C)c1S(=O)(=O)N1CCN(c2ccc(O)cc2)CC1. The van der Waals surface area contributed by atoms with Crippen molar-refractivity contribution in [1.29, 1.82) is 0 Å². The highest BCUT2D eigenvalue weighted by Crippen LogP contribution is 2.26. The van der Waals surface area contributed by atoms with Gasteiger partial charge in [-0.3, -0.25) is 0 Å². The number of aryl methyl sites for hydroxylation is 2. The molecule has 1 N–H and O–H groups in total. The molecule has 0 amide bonds. The van der Waals surface area contributed by atoms with Crippen molar-refractivity contribution in [2.45, 2.75) is 18.7 Å². The quantitative estimate of drug-likeness (QED) is 0.913. The topological polar surface area (TPSA) is 86.9 Å². The first-order valence-corrected chi connectivity index (χ1v) is 8.80. The molecule has 0 radical (unpaired) electrons. The smallest absolute Gasteiger partial charge is 0.248 e. The summed E-state index contributed by atoms with van der Waals surface area (Å²) in [6.45, 7) is 5.22. The summed E-state index contributed by atoms with van der Waals surface area (Å²) in [5.41, 5.74) is 1.36. The number of phenolic OH excluding ortho intramolecular Hbond substituents is 1. The minimum Gasteiger partial charge on any atom is -0.508 e. The predicted octanol–water partition coefficient (Wildman–Crippen LogP) is 1.51. The Bertz CT molecular complexity index is 771. The molecule has 0 atom stereocenters. The molecule has 124 valence electrons. The second kappa shape index (κ2) is 5.86. The Labute approximate surface area is 135 Å². The molecule has 0 unspecified atom stereocenters. The lowest BCUT2D eigenvalue weighted by atomic mass is 10.2. The van der Waals surface area contributed by atoms with E-state index in [1.165, 1.54) is 4.31 Å². The number of aromatic hydroxyl groups is 1. The minimum atomic E-state index is -3.58. The van der Waals surface area contributed by atoms with E-state index in [0.717, 1.165) is 5.69 Å². The van der Waals surface area contributed by atoms with Crippen molar-refractivity contribution in [3.8, 4) is 5.75 Å². The first-order chi connectivity index (χ1) is 10.9. The van der Waals surface area contributed by atoms with Crippen molar-refractivity contribution < 1.29 is 18.0 Å². The summed E-state index contributed by atoms with van der Waals surface area (Å²) in [7, 11) is -3.58. The van der Waals surface area contributed by atoms with E-state index < -0.39 is 10.0 Å². The molecule has 23 heavy (non-hydrogen) atoms. The Morgan fingerprint density at radius 2 is 1.70 bits per heavy atom. The Morgan fingerprint density at radius 1 is 1.09 bits per heavy atom. The molecule has 1 aliphatic rings. The number of aromatic nitrogens is 1. The van der Waals surface area contributed by atoms with Gasteiger partial charge in [0.25, 0.3) is 0 Å². The molecule has 1 fully saturated rings. The van der Waals surface area contributed by atoms with Gasteiger partial charge in [0.05, 0.1) is 0 Å². The van der Waals surface area contributed by atoms with Gasteiger partial charge in [-0.1, -0.05) is 5.16 Å². The molecular weight excluding hydrogens is 318 g/mol. The summed E-state index contributed by atoms with van der Waals surface area (Å²) in [5, 5.41) is 13.1. The molecule has 1 aliphatic heterocycles. The van der Waals surface area contributed by atoms with E-state index in [1.807, 2.05) is 12.1 Å². The Hall–Kier alpha value is -2.06. The van der Waals surface area contributed by atoms with E-state index in [0.29, 0.717) is 37.6 Å². The Kier molecular flexibility index (Phi) is 4.03. The molecule has 2 aromatic rings. The molecule has 7 nitrogen and oxygen atoms in total. The highest BCUT2D eigenvalue weighted by Gasteiger charge is 2.33. The lowest BCUT2D eigenvalue weighted by Gasteiger charge is -2.35. The molecule has 3 rings (SSSR count). The summed E-state index contributed by atoms with van der Waals surface area (Å²) in [5.74, 6) is 0.539. The second-order valence-electron chi connectivity index (χ2n) is 5.56. The van der Waals surface area contributed by atoms with E-state index in [2.05, 4.69) is 10.1 Å². The summed E-state index contributed by atoms with van der Waals surface area (Å²) in [6, 6.07) is 6.91. The number of sulfonamides is 1. The van der Waals surface area contributed by atoms with Crippen LogP contribution in [0.2, 0.25) is 0 Å². The fourth-order valence-electron chi connectivity index (χ4n) is 2.82. The fourth-order valence-corrected chi connectivity index (χ4v) is 4.54. The molecule has 1 aromatic heterocycles. The number of phenols is 1. The van der Waals surface area contributed by atoms with Gasteiger partial charge in [0.2, 0.25) is 10.0 Å². The number of piperazine rings is 1. The van der Waals surface area contributed by atoms with Crippen LogP contribution in [0.5, 0.6) is 5.75 Å². The zero-order valence-electron chi connectivity index (χ0n) is 13.1. The van der Waals surface area contributed by atoms with Crippen LogP contribution in [0.15, 0.2) is 33.7 Å². The molecular formula is C15H19N3O4S. The van der Waals surface area contributed by atoms with Crippen LogP contribution in [0.1, 0.15) is 11.5 Å². The number of anilines is 1. The van der Waals surface area contributed by atoms with Gasteiger partial charge in [-0.25, -0.2) is 8.42 Å². The summed E-state index contributed by atoms with van der Waals surface area (Å²) >= 11 is 0. The molecule has 8 heteroatoms. The van der Waals surface area contributed by atoms with Crippen LogP contribution in [0.4, 0.5) is 5.69 Å². The number of hydrogen-bond donors (Lipinski definition) is 1. The third-order valence-corrected chi connectivity index (χ3v) is 6.16. The molecule has 0 spiro atoms. The maximum Gasteiger partial charge on any atom is 0.248 e. The standard InChI is InChI=1S/C15H19N3O4S/c1-11-15(12(2)22-16-11)23(20,21)18-9-7-17(8-10-18)13-3-5-14(19)6-4-13/h3-6,19H,7-10H2,1-2H3. The van der Waals surface area contributed by atoms with Gasteiger partial charge in [0.15, 0.2) is 5.76 Å². The van der Waals surface area contributed by atoms with Crippen LogP contribution >= 0.6 is 0 Å². The van der Waals surface area contributed by atoms with Crippen molar-refractivity contribution in [1.82, 2.24) is 9.46 Å². The second-order valence-corrected chi connectivity index (χ2v) is 7.44. The maximum atomic E-state index is 12.8. The number of hydrogen-bond acceptors (Lipinski definition) is 6. The highest BCUT2D eigenvalue weighted by molar-refractivity contribution is 7.89. The normalized spacial score (nSPS) is 16.7. The van der Waals surface area contributed by atoms with Gasteiger partial charge in [-0.2, -0.15) is 4.31 Å². The Morgan fingerprint density at radius 3 is 2.22 bits per heavy atom. The van der Waals surface area contributed by atoms with Gasteiger partial charge < -0.3 is 14.5 Å². The third kappa shape index (κ3) is 2.91. The van der Waals surface area contributed by atoms with Crippen LogP contribution in [0.3, 0.4) is 0 Å². The van der Waals surface area contributed by atoms with Crippen molar-refractivity contribution in [2.75, 3.05) is 31.1 Å². The summed E-state index contributed by atoms with van der Waals surface area (Å²) in [6.07, 6.45) is 0. The van der Waals surface area contributed by atoms with Crippen LogP contribution in [0.25, 0.3) is 0 Å². The number of nitrogens with zero attached hydrogens (tertiary/aromatic N) is 3. The molecule has 2 heterocycles. The molecule has 1 aromatic carbocycles. The predicted molar refractivity (Wildman–Crippen MR) is 85.1 cm³/mol. The number of benzene rings is 1. The van der Waals surface area contributed by atoms with Crippen LogP contribution in [0, 0.1) is 13.8 Å². The van der Waals surface area contributed by atoms with E-state index in [-0.39, 0.29) is 10.6 Å². The van der Waals surface area contributed by atoms with E-state index in [4.69, 9.17) is 4.52 Å². The highest BCUT2D eigenvalue weighted by atomic mass is 32.2. The summed E-state index contributed by atoms with van der Waals surface area (Å²) < 4.78 is 32.0. The van der Waals surface area contributed by atoms with Crippen LogP contribution < -0.4 is 4.90 Å². The number of rotatable bonds is 3. The fraction of sp³-hybridized carbons (Fsp3) is 0.400. The lowest BCUT2D eigenvalue weighted by molar-refractivity contribution is 0.378. The average Bonchev–Trinajstić information content (AvgIpc) is 2.88. The average molecular weight is 337 g/mol. The Balaban J connectivity index is 1.75. The first kappa shape index (κ1) is 15.8. The lowest BCUT2D eigenvalue weighted by Crippen LogP contribution is -2.48. The van der Waals surface area contributed by atoms with Gasteiger partial charge in [0, 0.05) is 31.9 Å². The largest absolute Gasteiger partial charge is 0.508 e. The van der Waals surface area contributed by atoms with Gasteiger partial charge in [-0.15, -0.1) is 0 Å². The van der Waals surface area contributed by atoms with Crippen LogP contribution in [-0.4, -0.2) is 49.2 Å². The zero-order chi connectivity index (χ0) is 16.6. The molecule has 0 bridgehead atoms. The van der Waals surface area contributed by atoms with Gasteiger partial charge in [-0.05, 0) is 38.1 Å². The van der Waals surface area contributed by atoms with E-state index in [1.54, 1.807) is 26.0 Å². The zero-order valence-corrected chi connectivity index (χ0v) is 13.9. The van der Waals surface area contributed by atoms with Crippen molar-refractivity contribution in [3.63, 3.8) is 0 Å². The van der Waals surface area contributed by atoms with E-state index in [9.17, 15) is 13.5 Å². The van der Waals surface area contributed by atoms with Gasteiger partial charge >= 0.3 is 0 Å². The molecule has 0 saturated carbocycles. The molecule has 1 saturated heterocycles. The van der Waals surface area contributed by atoms with E-state index >= 15 is 0 Å². The maximum absolute atomic E-state index is 12.8. The third-order valence-electron chi connectivity index (χ3n) is 4.02. The molecule has 0 aliphatic carbocycles. The van der Waals surface area contributed by atoms with Crippen molar-refractivity contribution >= 4 is 15.7 Å². The van der Waals surface area contributed by atoms with Crippen molar-refractivity contribution in [2.24, 2.45) is 0 Å². The first-order valence-electron chi connectivity index (χ1n) is 7.36. The minimum absolute atomic E-state index is 0.176. The monoisotopic (exact) mass is 337 g/mol.